The molecule has 0 spiro atoms. The van der Waals surface area contributed by atoms with Gasteiger partial charge in [-0.2, -0.15) is 5.10 Å². The van der Waals surface area contributed by atoms with Crippen LogP contribution in [0.4, 0.5) is 5.82 Å². The summed E-state index contributed by atoms with van der Waals surface area (Å²) in [4.78, 5) is 16.4. The summed E-state index contributed by atoms with van der Waals surface area (Å²) in [5, 5.41) is 9.58. The van der Waals surface area contributed by atoms with E-state index in [1.807, 2.05) is 29.1 Å². The topological polar surface area (TPSA) is 77.8 Å². The molecule has 166 valence electrons. The summed E-state index contributed by atoms with van der Waals surface area (Å²) in [6.45, 7) is 6.41. The lowest BCUT2D eigenvalue weighted by Crippen LogP contribution is -2.18. The summed E-state index contributed by atoms with van der Waals surface area (Å²) in [5.41, 5.74) is 2.91. The molecule has 4 aromatic rings. The van der Waals surface area contributed by atoms with E-state index in [1.54, 1.807) is 24.6 Å². The third kappa shape index (κ3) is 3.89. The van der Waals surface area contributed by atoms with Gasteiger partial charge in [-0.1, -0.05) is 6.07 Å². The average molecular weight is 449 g/mol. The highest BCUT2D eigenvalue weighted by molar-refractivity contribution is 7.22. The Hall–Kier alpha value is -2.84. The molecule has 1 aliphatic rings. The normalized spacial score (nSPS) is 18.7. The molecule has 1 aliphatic carbocycles. The molecular formula is C24H28N6OS. The number of fused-ring (bicyclic) bond motifs is 1. The highest BCUT2D eigenvalue weighted by Crippen LogP contribution is 2.41. The zero-order chi connectivity index (χ0) is 22.2. The molecule has 8 heteroatoms. The Labute approximate surface area is 191 Å². The summed E-state index contributed by atoms with van der Waals surface area (Å²) in [5.74, 6) is 1.52. The number of rotatable bonds is 6. The fourth-order valence-electron chi connectivity index (χ4n) is 4.32. The lowest BCUT2D eigenvalue weighted by Gasteiger charge is -2.15. The summed E-state index contributed by atoms with van der Waals surface area (Å²) < 4.78 is 7.57. The molecule has 7 nitrogen and oxygen atoms in total. The molecule has 0 amide bonds. The van der Waals surface area contributed by atoms with Gasteiger partial charge >= 0.3 is 0 Å². The number of aromatic nitrogens is 5. The first-order chi connectivity index (χ1) is 15.5. The van der Waals surface area contributed by atoms with Gasteiger partial charge in [-0.15, -0.1) is 11.3 Å². The molecule has 2 atom stereocenters. The van der Waals surface area contributed by atoms with Gasteiger partial charge in [0.15, 0.2) is 5.82 Å². The van der Waals surface area contributed by atoms with Crippen LogP contribution in [-0.4, -0.2) is 44.0 Å². The number of ether oxygens (including phenoxy) is 1. The highest BCUT2D eigenvalue weighted by Gasteiger charge is 2.27. The third-order valence-corrected chi connectivity index (χ3v) is 7.32. The van der Waals surface area contributed by atoms with Crippen LogP contribution in [0.1, 0.15) is 44.7 Å². The Bertz CT molecular complexity index is 1230. The van der Waals surface area contributed by atoms with Crippen molar-refractivity contribution < 1.29 is 4.74 Å². The minimum atomic E-state index is 0.305. The van der Waals surface area contributed by atoms with Crippen molar-refractivity contribution in [3.05, 3.63) is 42.2 Å². The van der Waals surface area contributed by atoms with Gasteiger partial charge in [0.1, 0.15) is 22.0 Å². The van der Waals surface area contributed by atoms with Gasteiger partial charge in [0.05, 0.1) is 16.4 Å². The first-order valence-electron chi connectivity index (χ1n) is 11.1. The summed E-state index contributed by atoms with van der Waals surface area (Å²) in [6, 6.07) is 8.56. The molecule has 1 fully saturated rings. The second-order valence-corrected chi connectivity index (χ2v) is 9.63. The largest absolute Gasteiger partial charge is 0.381 e. The van der Waals surface area contributed by atoms with Gasteiger partial charge < -0.3 is 10.1 Å². The number of hydrogen-bond donors (Lipinski definition) is 1. The van der Waals surface area contributed by atoms with Crippen LogP contribution in [0.2, 0.25) is 0 Å². The predicted octanol–water partition coefficient (Wildman–Crippen LogP) is 5.49. The van der Waals surface area contributed by atoms with Gasteiger partial charge in [-0.05, 0) is 63.8 Å². The van der Waals surface area contributed by atoms with Crippen LogP contribution in [0.3, 0.4) is 0 Å². The van der Waals surface area contributed by atoms with Gasteiger partial charge in [0.25, 0.3) is 0 Å². The van der Waals surface area contributed by atoms with E-state index in [1.165, 1.54) is 0 Å². The summed E-state index contributed by atoms with van der Waals surface area (Å²) in [7, 11) is 1.79. The van der Waals surface area contributed by atoms with E-state index in [-0.39, 0.29) is 0 Å². The maximum absolute atomic E-state index is 5.58. The fraction of sp³-hybridized carbons (Fsp3) is 0.417. The zero-order valence-electron chi connectivity index (χ0n) is 18.9. The third-order valence-electron chi connectivity index (χ3n) is 6.11. The monoisotopic (exact) mass is 448 g/mol. The average Bonchev–Trinajstić information content (AvgIpc) is 3.53. The van der Waals surface area contributed by atoms with Crippen molar-refractivity contribution in [2.75, 3.05) is 12.4 Å². The van der Waals surface area contributed by atoms with E-state index < -0.39 is 0 Å². The van der Waals surface area contributed by atoms with E-state index in [4.69, 9.17) is 19.8 Å². The van der Waals surface area contributed by atoms with Crippen molar-refractivity contribution in [3.63, 3.8) is 0 Å². The summed E-state index contributed by atoms with van der Waals surface area (Å²) >= 11 is 1.67. The Morgan fingerprint density at radius 1 is 1.16 bits per heavy atom. The van der Waals surface area contributed by atoms with E-state index in [2.05, 4.69) is 37.1 Å². The smallest absolute Gasteiger partial charge is 0.181 e. The molecule has 0 bridgehead atoms. The second-order valence-electron chi connectivity index (χ2n) is 8.63. The molecule has 5 rings (SSSR count). The number of hydrogen-bond acceptors (Lipinski definition) is 7. The second kappa shape index (κ2) is 8.60. The standard InChI is InChI=1S/C24H28N6OS/c1-14(2)30-12-10-18(29-30)21-15(3)20-23(26-16-8-9-17(13-16)31-4)27-22(28-24(20)32-21)19-7-5-6-11-25-19/h5-7,10-12,14,16-17H,8-9,13H2,1-4H3,(H,26,27,28)/t16-,17+/m1/s1. The lowest BCUT2D eigenvalue weighted by atomic mass is 10.1. The number of methoxy groups -OCH3 is 1. The molecule has 1 N–H and O–H groups in total. The minimum Gasteiger partial charge on any atom is -0.381 e. The molecule has 0 radical (unpaired) electrons. The number of thiophene rings is 1. The number of pyridine rings is 1. The summed E-state index contributed by atoms with van der Waals surface area (Å²) in [6.07, 6.45) is 7.24. The Morgan fingerprint density at radius 3 is 2.72 bits per heavy atom. The van der Waals surface area contributed by atoms with Crippen molar-refractivity contribution in [2.24, 2.45) is 0 Å². The van der Waals surface area contributed by atoms with E-state index >= 15 is 0 Å². The van der Waals surface area contributed by atoms with Crippen molar-refractivity contribution in [1.82, 2.24) is 24.7 Å². The molecule has 32 heavy (non-hydrogen) atoms. The van der Waals surface area contributed by atoms with Crippen LogP contribution in [0.15, 0.2) is 36.7 Å². The van der Waals surface area contributed by atoms with Gasteiger partial charge in [-0.3, -0.25) is 9.67 Å². The number of nitrogens with zero attached hydrogens (tertiary/aromatic N) is 5. The molecule has 0 aliphatic heterocycles. The molecule has 4 aromatic heterocycles. The molecule has 1 saturated carbocycles. The van der Waals surface area contributed by atoms with E-state index in [9.17, 15) is 0 Å². The first-order valence-corrected chi connectivity index (χ1v) is 11.9. The van der Waals surface area contributed by atoms with Crippen molar-refractivity contribution in [3.8, 4) is 22.1 Å². The van der Waals surface area contributed by atoms with Crippen molar-refractivity contribution in [1.29, 1.82) is 0 Å². The maximum Gasteiger partial charge on any atom is 0.181 e. The zero-order valence-corrected chi connectivity index (χ0v) is 19.7. The Balaban J connectivity index is 1.62. The molecule has 0 aromatic carbocycles. The predicted molar refractivity (Wildman–Crippen MR) is 129 cm³/mol. The maximum atomic E-state index is 5.58. The van der Waals surface area contributed by atoms with Crippen LogP contribution in [-0.2, 0) is 4.74 Å². The number of anilines is 1. The number of nitrogens with one attached hydrogen (secondary N) is 1. The first kappa shape index (κ1) is 21.0. The van der Waals surface area contributed by atoms with E-state index in [0.717, 1.165) is 57.1 Å². The van der Waals surface area contributed by atoms with Gasteiger partial charge in [0, 0.05) is 31.6 Å². The van der Waals surface area contributed by atoms with Crippen LogP contribution >= 0.6 is 11.3 Å². The minimum absolute atomic E-state index is 0.305. The van der Waals surface area contributed by atoms with E-state index in [0.29, 0.717) is 24.0 Å². The lowest BCUT2D eigenvalue weighted by molar-refractivity contribution is 0.108. The molecule has 0 unspecified atom stereocenters. The fourth-order valence-corrected chi connectivity index (χ4v) is 5.47. The molecular weight excluding hydrogens is 420 g/mol. The SMILES string of the molecule is CO[C@H]1CC[C@@H](Nc2nc(-c3ccccn3)nc3sc(-c4ccn(C(C)C)n4)c(C)c23)C1. The van der Waals surface area contributed by atoms with Gasteiger partial charge in [0.2, 0.25) is 0 Å². The van der Waals surface area contributed by atoms with Crippen LogP contribution in [0.5, 0.6) is 0 Å². The van der Waals surface area contributed by atoms with Crippen LogP contribution in [0.25, 0.3) is 32.3 Å². The van der Waals surface area contributed by atoms with Crippen LogP contribution < -0.4 is 5.32 Å². The quantitative estimate of drug-likeness (QED) is 0.420. The van der Waals surface area contributed by atoms with Crippen molar-refractivity contribution >= 4 is 27.4 Å². The number of aryl methyl sites for hydroxylation is 1. The molecule has 4 heterocycles. The molecule has 0 saturated heterocycles. The van der Waals surface area contributed by atoms with Gasteiger partial charge in [-0.25, -0.2) is 9.97 Å². The highest BCUT2D eigenvalue weighted by atomic mass is 32.1. The Kier molecular flexibility index (Phi) is 5.65. The van der Waals surface area contributed by atoms with Crippen LogP contribution in [0, 0.1) is 6.92 Å². The Morgan fingerprint density at radius 2 is 2.03 bits per heavy atom. The van der Waals surface area contributed by atoms with Crippen molar-refractivity contribution in [2.45, 2.75) is 58.2 Å².